The maximum atomic E-state index is 11.5. The van der Waals surface area contributed by atoms with E-state index in [2.05, 4.69) is 10.6 Å². The first kappa shape index (κ1) is 12.7. The van der Waals surface area contributed by atoms with Gasteiger partial charge in [-0.05, 0) is 24.6 Å². The molecule has 5 nitrogen and oxygen atoms in total. The Bertz CT molecular complexity index is 430. The lowest BCUT2D eigenvalue weighted by atomic mass is 10.1. The van der Waals surface area contributed by atoms with Crippen LogP contribution in [0.2, 0.25) is 0 Å². The van der Waals surface area contributed by atoms with Gasteiger partial charge in [-0.25, -0.2) is 4.79 Å². The molecule has 1 unspecified atom stereocenters. The number of benzene rings is 1. The number of anilines is 2. The Hall–Kier alpha value is -1.75. The molecule has 0 bridgehead atoms. The number of hydrogen-bond donors (Lipinski definition) is 2. The summed E-state index contributed by atoms with van der Waals surface area (Å²) in [6, 6.07) is 5.38. The van der Waals surface area contributed by atoms with Crippen LogP contribution in [0.25, 0.3) is 0 Å². The minimum absolute atomic E-state index is 0.275. The van der Waals surface area contributed by atoms with Crippen LogP contribution in [0.3, 0.4) is 0 Å². The van der Waals surface area contributed by atoms with Crippen molar-refractivity contribution in [1.29, 1.82) is 0 Å². The number of hydrogen-bond acceptors (Lipinski definition) is 5. The summed E-state index contributed by atoms with van der Waals surface area (Å²) >= 11 is 0. The molecular weight excluding hydrogens is 232 g/mol. The first-order chi connectivity index (χ1) is 8.74. The number of carbonyl (C=O) groups is 1. The van der Waals surface area contributed by atoms with E-state index >= 15 is 0 Å². The molecule has 5 heteroatoms. The van der Waals surface area contributed by atoms with Crippen LogP contribution in [0, 0.1) is 0 Å². The SMILES string of the molecule is CNc1ccc(C(=O)OC)cc1NCC1CCO1. The van der Waals surface area contributed by atoms with Crippen LogP contribution >= 0.6 is 0 Å². The molecule has 0 aromatic heterocycles. The fourth-order valence-corrected chi connectivity index (χ4v) is 1.82. The lowest BCUT2D eigenvalue weighted by Crippen LogP contribution is -2.33. The van der Waals surface area contributed by atoms with Crippen LogP contribution in [0.5, 0.6) is 0 Å². The van der Waals surface area contributed by atoms with E-state index in [4.69, 9.17) is 9.47 Å². The third-order valence-corrected chi connectivity index (χ3v) is 3.02. The molecule has 1 atom stereocenters. The molecule has 1 aromatic carbocycles. The van der Waals surface area contributed by atoms with Crippen molar-refractivity contribution in [2.75, 3.05) is 37.9 Å². The van der Waals surface area contributed by atoms with Gasteiger partial charge in [-0.3, -0.25) is 0 Å². The second-order valence-corrected chi connectivity index (χ2v) is 4.16. The second kappa shape index (κ2) is 5.73. The molecule has 1 saturated heterocycles. The van der Waals surface area contributed by atoms with E-state index in [0.717, 1.165) is 30.9 Å². The molecule has 1 aliphatic heterocycles. The molecule has 2 rings (SSSR count). The van der Waals surface area contributed by atoms with Gasteiger partial charge in [0, 0.05) is 20.2 Å². The molecule has 0 aliphatic carbocycles. The summed E-state index contributed by atoms with van der Waals surface area (Å²) in [6.07, 6.45) is 1.36. The summed E-state index contributed by atoms with van der Waals surface area (Å²) in [5.41, 5.74) is 2.37. The summed E-state index contributed by atoms with van der Waals surface area (Å²) in [5.74, 6) is -0.333. The van der Waals surface area contributed by atoms with Crippen LogP contribution in [0.1, 0.15) is 16.8 Å². The number of nitrogens with one attached hydrogen (secondary N) is 2. The Morgan fingerprint density at radius 2 is 2.28 bits per heavy atom. The summed E-state index contributed by atoms with van der Waals surface area (Å²) < 4.78 is 10.1. The Kier molecular flexibility index (Phi) is 4.04. The first-order valence-electron chi connectivity index (χ1n) is 6.00. The molecule has 2 N–H and O–H groups in total. The van der Waals surface area contributed by atoms with Gasteiger partial charge in [0.1, 0.15) is 0 Å². The van der Waals surface area contributed by atoms with Crippen LogP contribution < -0.4 is 10.6 Å². The molecule has 0 spiro atoms. The lowest BCUT2D eigenvalue weighted by Gasteiger charge is -2.27. The Balaban J connectivity index is 2.10. The summed E-state index contributed by atoms with van der Waals surface area (Å²) in [6.45, 7) is 1.59. The highest BCUT2D eigenvalue weighted by molar-refractivity contribution is 5.92. The number of rotatable bonds is 5. The van der Waals surface area contributed by atoms with E-state index in [1.165, 1.54) is 7.11 Å². The average Bonchev–Trinajstić information content (AvgIpc) is 2.35. The molecule has 18 heavy (non-hydrogen) atoms. The number of esters is 1. The molecule has 0 radical (unpaired) electrons. The predicted molar refractivity (Wildman–Crippen MR) is 70.2 cm³/mol. The van der Waals surface area contributed by atoms with Crippen LogP contribution in [-0.4, -0.2) is 39.4 Å². The van der Waals surface area contributed by atoms with Crippen molar-refractivity contribution < 1.29 is 14.3 Å². The maximum absolute atomic E-state index is 11.5. The zero-order valence-electron chi connectivity index (χ0n) is 10.7. The molecule has 1 aromatic rings. The zero-order chi connectivity index (χ0) is 13.0. The summed E-state index contributed by atoms with van der Waals surface area (Å²) in [4.78, 5) is 11.5. The van der Waals surface area contributed by atoms with E-state index in [-0.39, 0.29) is 12.1 Å². The van der Waals surface area contributed by atoms with Gasteiger partial charge in [0.05, 0.1) is 30.2 Å². The summed E-state index contributed by atoms with van der Waals surface area (Å²) in [7, 11) is 3.22. The Morgan fingerprint density at radius 3 is 2.83 bits per heavy atom. The largest absolute Gasteiger partial charge is 0.465 e. The fraction of sp³-hybridized carbons (Fsp3) is 0.462. The molecule has 1 fully saturated rings. The smallest absolute Gasteiger partial charge is 0.337 e. The number of ether oxygens (including phenoxy) is 2. The third-order valence-electron chi connectivity index (χ3n) is 3.02. The summed E-state index contributed by atoms with van der Waals surface area (Å²) in [5, 5.41) is 6.37. The van der Waals surface area contributed by atoms with Crippen molar-refractivity contribution in [3.8, 4) is 0 Å². The monoisotopic (exact) mass is 250 g/mol. The number of carbonyl (C=O) groups excluding carboxylic acids is 1. The molecule has 1 heterocycles. The standard InChI is InChI=1S/C13H18N2O3/c1-14-11-4-3-9(13(16)17-2)7-12(11)15-8-10-5-6-18-10/h3-4,7,10,14-15H,5-6,8H2,1-2H3. The molecule has 0 saturated carbocycles. The normalized spacial score (nSPS) is 17.8. The maximum Gasteiger partial charge on any atom is 0.337 e. The van der Waals surface area contributed by atoms with E-state index in [1.807, 2.05) is 13.1 Å². The third kappa shape index (κ3) is 2.73. The minimum Gasteiger partial charge on any atom is -0.465 e. The number of methoxy groups -OCH3 is 1. The topological polar surface area (TPSA) is 59.6 Å². The average molecular weight is 250 g/mol. The van der Waals surface area contributed by atoms with Crippen LogP contribution in [-0.2, 0) is 9.47 Å². The van der Waals surface area contributed by atoms with Crippen LogP contribution in [0.15, 0.2) is 18.2 Å². The minimum atomic E-state index is -0.333. The van der Waals surface area contributed by atoms with Crippen molar-refractivity contribution >= 4 is 17.3 Å². The predicted octanol–water partition coefficient (Wildman–Crippen LogP) is 1.72. The molecular formula is C13H18N2O3. The molecule has 0 amide bonds. The van der Waals surface area contributed by atoms with Crippen molar-refractivity contribution in [1.82, 2.24) is 0 Å². The van der Waals surface area contributed by atoms with Gasteiger partial charge in [-0.15, -0.1) is 0 Å². The van der Waals surface area contributed by atoms with E-state index in [1.54, 1.807) is 12.1 Å². The van der Waals surface area contributed by atoms with E-state index < -0.39 is 0 Å². The Morgan fingerprint density at radius 1 is 1.50 bits per heavy atom. The quantitative estimate of drug-likeness (QED) is 0.779. The first-order valence-corrected chi connectivity index (χ1v) is 6.00. The molecule has 98 valence electrons. The van der Waals surface area contributed by atoms with Gasteiger partial charge in [-0.2, -0.15) is 0 Å². The van der Waals surface area contributed by atoms with Crippen molar-refractivity contribution in [3.05, 3.63) is 23.8 Å². The highest BCUT2D eigenvalue weighted by atomic mass is 16.5. The zero-order valence-corrected chi connectivity index (χ0v) is 10.7. The highest BCUT2D eigenvalue weighted by Gasteiger charge is 2.18. The van der Waals surface area contributed by atoms with Crippen LogP contribution in [0.4, 0.5) is 11.4 Å². The van der Waals surface area contributed by atoms with E-state index in [9.17, 15) is 4.79 Å². The van der Waals surface area contributed by atoms with Crippen molar-refractivity contribution in [2.45, 2.75) is 12.5 Å². The molecule has 1 aliphatic rings. The van der Waals surface area contributed by atoms with Gasteiger partial charge in [0.15, 0.2) is 0 Å². The van der Waals surface area contributed by atoms with Crippen molar-refractivity contribution in [2.24, 2.45) is 0 Å². The van der Waals surface area contributed by atoms with Gasteiger partial charge in [0.25, 0.3) is 0 Å². The second-order valence-electron chi connectivity index (χ2n) is 4.16. The van der Waals surface area contributed by atoms with Gasteiger partial charge >= 0.3 is 5.97 Å². The van der Waals surface area contributed by atoms with Gasteiger partial charge < -0.3 is 20.1 Å². The fourth-order valence-electron chi connectivity index (χ4n) is 1.82. The Labute approximate surface area is 106 Å². The highest BCUT2D eigenvalue weighted by Crippen LogP contribution is 2.24. The van der Waals surface area contributed by atoms with Gasteiger partial charge in [0.2, 0.25) is 0 Å². The van der Waals surface area contributed by atoms with E-state index in [0.29, 0.717) is 5.56 Å². The van der Waals surface area contributed by atoms with Gasteiger partial charge in [-0.1, -0.05) is 0 Å². The van der Waals surface area contributed by atoms with Crippen molar-refractivity contribution in [3.63, 3.8) is 0 Å². The lowest BCUT2D eigenvalue weighted by molar-refractivity contribution is -0.0410.